The molecule has 0 aliphatic heterocycles. The molecular weight excluding hydrogens is 184 g/mol. The lowest BCUT2D eigenvalue weighted by Crippen LogP contribution is -2.16. The Kier molecular flexibility index (Phi) is 4.60. The highest BCUT2D eigenvalue weighted by Gasteiger charge is 2.16. The second kappa shape index (κ2) is 5.74. The van der Waals surface area contributed by atoms with Crippen molar-refractivity contribution in [1.29, 1.82) is 0 Å². The van der Waals surface area contributed by atoms with Gasteiger partial charge >= 0.3 is 0 Å². The molecule has 2 N–H and O–H groups in total. The Morgan fingerprint density at radius 1 is 1.67 bits per heavy atom. The van der Waals surface area contributed by atoms with E-state index in [1.54, 1.807) is 0 Å². The predicted octanol–water partition coefficient (Wildman–Crippen LogP) is 3.06. The summed E-state index contributed by atoms with van der Waals surface area (Å²) in [7, 11) is 0. The summed E-state index contributed by atoms with van der Waals surface area (Å²) in [6, 6.07) is 0. The molecule has 0 spiro atoms. The average Bonchev–Trinajstić information content (AvgIpc) is 2.39. The first kappa shape index (κ1) is 12.0. The van der Waals surface area contributed by atoms with Gasteiger partial charge in [-0.1, -0.05) is 26.0 Å². The lowest BCUT2D eigenvalue weighted by molar-refractivity contribution is 0.527. The molecule has 0 aromatic carbocycles. The zero-order valence-electron chi connectivity index (χ0n) is 9.92. The lowest BCUT2D eigenvalue weighted by atomic mass is 9.98. The summed E-state index contributed by atoms with van der Waals surface area (Å²) in [6.45, 7) is 8.95. The van der Waals surface area contributed by atoms with Crippen LogP contribution in [0.1, 0.15) is 39.5 Å². The Labute approximate surface area is 93.0 Å². The maximum Gasteiger partial charge on any atom is 0.121 e. The first-order chi connectivity index (χ1) is 7.19. The number of allylic oxidation sites excluding steroid dienone is 2. The molecule has 0 fully saturated rings. The van der Waals surface area contributed by atoms with Crippen molar-refractivity contribution in [3.05, 3.63) is 23.8 Å². The van der Waals surface area contributed by atoms with Crippen LogP contribution in [0.3, 0.4) is 0 Å². The molecule has 0 aromatic heterocycles. The standard InChI is InChI=1S/C13H22N2/c1-4-11-9-10(3)7-6-8-12(11)13(14)15-5-2/h4,10H,1,5-9H2,2-3H3,(H2,14,15). The predicted molar refractivity (Wildman–Crippen MR) is 67.0 cm³/mol. The fraction of sp³-hybridized carbons (Fsp3) is 0.615. The van der Waals surface area contributed by atoms with E-state index in [2.05, 4.69) is 18.5 Å². The Hall–Kier alpha value is -1.05. The molecule has 1 unspecified atom stereocenters. The molecule has 84 valence electrons. The van der Waals surface area contributed by atoms with Gasteiger partial charge in [0, 0.05) is 6.54 Å². The minimum atomic E-state index is 0.724. The number of nitrogens with zero attached hydrogens (tertiary/aromatic N) is 1. The minimum absolute atomic E-state index is 0.724. The number of hydrogen-bond donors (Lipinski definition) is 1. The van der Waals surface area contributed by atoms with Gasteiger partial charge in [0.1, 0.15) is 5.84 Å². The van der Waals surface area contributed by atoms with Crippen molar-refractivity contribution in [2.75, 3.05) is 6.54 Å². The van der Waals surface area contributed by atoms with Crippen LogP contribution in [0.5, 0.6) is 0 Å². The zero-order valence-corrected chi connectivity index (χ0v) is 9.92. The van der Waals surface area contributed by atoms with Crippen LogP contribution in [0.15, 0.2) is 28.8 Å². The van der Waals surface area contributed by atoms with E-state index in [1.807, 2.05) is 13.0 Å². The zero-order chi connectivity index (χ0) is 11.3. The molecule has 0 heterocycles. The van der Waals surface area contributed by atoms with Crippen LogP contribution in [-0.2, 0) is 0 Å². The van der Waals surface area contributed by atoms with Crippen LogP contribution in [0, 0.1) is 5.92 Å². The third-order valence-electron chi connectivity index (χ3n) is 2.96. The van der Waals surface area contributed by atoms with Crippen molar-refractivity contribution < 1.29 is 0 Å². The SMILES string of the molecule is C=CC1=C(C(N)=NCC)CCCC(C)C1. The first-order valence-corrected chi connectivity index (χ1v) is 5.83. The summed E-state index contributed by atoms with van der Waals surface area (Å²) in [5, 5.41) is 0. The van der Waals surface area contributed by atoms with Crippen LogP contribution in [-0.4, -0.2) is 12.4 Å². The van der Waals surface area contributed by atoms with Crippen molar-refractivity contribution in [2.24, 2.45) is 16.6 Å². The van der Waals surface area contributed by atoms with E-state index < -0.39 is 0 Å². The van der Waals surface area contributed by atoms with Crippen molar-refractivity contribution in [3.63, 3.8) is 0 Å². The number of nitrogens with two attached hydrogens (primary N) is 1. The molecule has 0 aromatic rings. The molecule has 1 atom stereocenters. The molecule has 0 radical (unpaired) electrons. The Morgan fingerprint density at radius 3 is 3.00 bits per heavy atom. The number of amidine groups is 1. The molecule has 0 saturated carbocycles. The van der Waals surface area contributed by atoms with Crippen LogP contribution in [0.25, 0.3) is 0 Å². The largest absolute Gasteiger partial charge is 0.384 e. The Balaban J connectivity index is 2.97. The molecule has 2 nitrogen and oxygen atoms in total. The van der Waals surface area contributed by atoms with E-state index in [0.29, 0.717) is 0 Å². The average molecular weight is 206 g/mol. The van der Waals surface area contributed by atoms with Gasteiger partial charge in [-0.15, -0.1) is 0 Å². The van der Waals surface area contributed by atoms with E-state index >= 15 is 0 Å². The van der Waals surface area contributed by atoms with Gasteiger partial charge in [-0.25, -0.2) is 0 Å². The van der Waals surface area contributed by atoms with Crippen LogP contribution >= 0.6 is 0 Å². The van der Waals surface area contributed by atoms with Crippen molar-refractivity contribution in [2.45, 2.75) is 39.5 Å². The fourth-order valence-electron chi connectivity index (χ4n) is 2.15. The number of hydrogen-bond acceptors (Lipinski definition) is 1. The quantitative estimate of drug-likeness (QED) is 0.559. The molecule has 15 heavy (non-hydrogen) atoms. The fourth-order valence-corrected chi connectivity index (χ4v) is 2.15. The third-order valence-corrected chi connectivity index (χ3v) is 2.96. The smallest absolute Gasteiger partial charge is 0.121 e. The molecule has 0 bridgehead atoms. The third kappa shape index (κ3) is 3.22. The van der Waals surface area contributed by atoms with Gasteiger partial charge in [-0.2, -0.15) is 0 Å². The van der Waals surface area contributed by atoms with E-state index in [-0.39, 0.29) is 0 Å². The van der Waals surface area contributed by atoms with Gasteiger partial charge in [0.05, 0.1) is 0 Å². The highest BCUT2D eigenvalue weighted by molar-refractivity contribution is 5.98. The Morgan fingerprint density at radius 2 is 2.40 bits per heavy atom. The second-order valence-corrected chi connectivity index (χ2v) is 4.27. The maximum absolute atomic E-state index is 5.98. The molecule has 0 amide bonds. The molecular formula is C13H22N2. The number of rotatable bonds is 3. The number of aliphatic imine (C=N–C) groups is 1. The normalized spacial score (nSPS) is 23.9. The van der Waals surface area contributed by atoms with Crippen molar-refractivity contribution in [3.8, 4) is 0 Å². The van der Waals surface area contributed by atoms with E-state index in [4.69, 9.17) is 5.73 Å². The summed E-state index contributed by atoms with van der Waals surface area (Å²) in [5.74, 6) is 1.46. The summed E-state index contributed by atoms with van der Waals surface area (Å²) in [6.07, 6.45) is 6.60. The molecule has 1 aliphatic rings. The highest BCUT2D eigenvalue weighted by Crippen LogP contribution is 2.28. The van der Waals surface area contributed by atoms with E-state index in [0.717, 1.165) is 31.1 Å². The Bertz CT molecular complexity index is 287. The van der Waals surface area contributed by atoms with Crippen LogP contribution in [0.2, 0.25) is 0 Å². The molecule has 1 aliphatic carbocycles. The minimum Gasteiger partial charge on any atom is -0.384 e. The van der Waals surface area contributed by atoms with Crippen LogP contribution in [0.4, 0.5) is 0 Å². The lowest BCUT2D eigenvalue weighted by Gasteiger charge is -2.10. The summed E-state index contributed by atoms with van der Waals surface area (Å²) < 4.78 is 0. The summed E-state index contributed by atoms with van der Waals surface area (Å²) >= 11 is 0. The van der Waals surface area contributed by atoms with Crippen molar-refractivity contribution >= 4 is 5.84 Å². The van der Waals surface area contributed by atoms with Gasteiger partial charge < -0.3 is 5.73 Å². The molecule has 1 rings (SSSR count). The van der Waals surface area contributed by atoms with Crippen molar-refractivity contribution in [1.82, 2.24) is 0 Å². The highest BCUT2D eigenvalue weighted by atomic mass is 14.8. The monoisotopic (exact) mass is 206 g/mol. The summed E-state index contributed by atoms with van der Waals surface area (Å²) in [4.78, 5) is 4.30. The maximum atomic E-state index is 5.98. The second-order valence-electron chi connectivity index (χ2n) is 4.27. The van der Waals surface area contributed by atoms with Gasteiger partial charge in [0.2, 0.25) is 0 Å². The first-order valence-electron chi connectivity index (χ1n) is 5.83. The van der Waals surface area contributed by atoms with Crippen LogP contribution < -0.4 is 5.73 Å². The topological polar surface area (TPSA) is 38.4 Å². The van der Waals surface area contributed by atoms with Gasteiger partial charge in [-0.05, 0) is 43.3 Å². The molecule has 2 heteroatoms. The summed E-state index contributed by atoms with van der Waals surface area (Å²) in [5.41, 5.74) is 8.52. The van der Waals surface area contributed by atoms with E-state index in [1.165, 1.54) is 24.0 Å². The van der Waals surface area contributed by atoms with Gasteiger partial charge in [0.15, 0.2) is 0 Å². The van der Waals surface area contributed by atoms with Gasteiger partial charge in [-0.3, -0.25) is 4.99 Å². The van der Waals surface area contributed by atoms with E-state index in [9.17, 15) is 0 Å². The molecule has 0 saturated heterocycles. The van der Waals surface area contributed by atoms with Gasteiger partial charge in [0.25, 0.3) is 0 Å².